The molecule has 1 aromatic carbocycles. The SMILES string of the molecule is CC(C)(C)NC(=O)CN1CC2CC1CN2CC(=O)Nc1cccc(OC(F)F)c1. The van der Waals surface area contributed by atoms with Gasteiger partial charge in [-0.15, -0.1) is 0 Å². The fourth-order valence-corrected chi connectivity index (χ4v) is 4.00. The molecule has 2 bridgehead atoms. The molecular weight excluding hydrogens is 382 g/mol. The standard InChI is InChI=1S/C20H28F2N4O3/c1-20(2,3)24-18(28)12-26-10-14-8-15(26)9-25(14)11-17(27)23-13-5-4-6-16(7-13)29-19(21)22/h4-7,14-15,19H,8-12H2,1-3H3,(H,23,27)(H,24,28). The number of halogens is 2. The number of fused-ring (bicyclic) bond motifs is 2. The van der Waals surface area contributed by atoms with E-state index in [0.29, 0.717) is 12.2 Å². The second-order valence-electron chi connectivity index (χ2n) is 8.65. The van der Waals surface area contributed by atoms with Crippen molar-refractivity contribution < 1.29 is 23.1 Å². The Morgan fingerprint density at radius 1 is 1.14 bits per heavy atom. The Kier molecular flexibility index (Phi) is 6.38. The van der Waals surface area contributed by atoms with Crippen LogP contribution >= 0.6 is 0 Å². The van der Waals surface area contributed by atoms with E-state index in [1.165, 1.54) is 12.1 Å². The van der Waals surface area contributed by atoms with Crippen LogP contribution in [0.3, 0.4) is 0 Å². The lowest BCUT2D eigenvalue weighted by molar-refractivity contribution is -0.124. The van der Waals surface area contributed by atoms with E-state index in [1.54, 1.807) is 12.1 Å². The normalized spacial score (nSPS) is 22.1. The molecule has 2 aliphatic heterocycles. The number of rotatable bonds is 7. The highest BCUT2D eigenvalue weighted by Crippen LogP contribution is 2.30. The first kappa shape index (κ1) is 21.4. The Morgan fingerprint density at radius 2 is 1.76 bits per heavy atom. The van der Waals surface area contributed by atoms with Gasteiger partial charge in [-0.1, -0.05) is 6.07 Å². The predicted molar refractivity (Wildman–Crippen MR) is 105 cm³/mol. The van der Waals surface area contributed by atoms with E-state index in [0.717, 1.165) is 19.5 Å². The van der Waals surface area contributed by atoms with Crippen molar-refractivity contribution in [3.8, 4) is 5.75 Å². The first-order valence-corrected chi connectivity index (χ1v) is 9.73. The van der Waals surface area contributed by atoms with Crippen LogP contribution in [0.25, 0.3) is 0 Å². The fourth-order valence-electron chi connectivity index (χ4n) is 4.00. The summed E-state index contributed by atoms with van der Waals surface area (Å²) in [7, 11) is 0. The molecule has 2 aliphatic rings. The quantitative estimate of drug-likeness (QED) is 0.718. The van der Waals surface area contributed by atoms with Gasteiger partial charge in [0, 0.05) is 42.5 Å². The highest BCUT2D eigenvalue weighted by molar-refractivity contribution is 5.92. The van der Waals surface area contributed by atoms with E-state index in [-0.39, 0.29) is 41.7 Å². The highest BCUT2D eigenvalue weighted by atomic mass is 19.3. The lowest BCUT2D eigenvalue weighted by Crippen LogP contribution is -2.52. The number of benzene rings is 1. The van der Waals surface area contributed by atoms with Gasteiger partial charge in [0.25, 0.3) is 0 Å². The first-order chi connectivity index (χ1) is 13.6. The molecule has 2 saturated heterocycles. The largest absolute Gasteiger partial charge is 0.435 e. The van der Waals surface area contributed by atoms with Gasteiger partial charge in [-0.3, -0.25) is 19.4 Å². The highest BCUT2D eigenvalue weighted by Gasteiger charge is 2.44. The smallest absolute Gasteiger partial charge is 0.387 e. The maximum absolute atomic E-state index is 12.4. The molecule has 2 atom stereocenters. The summed E-state index contributed by atoms with van der Waals surface area (Å²) < 4.78 is 29.0. The number of hydrogen-bond acceptors (Lipinski definition) is 5. The van der Waals surface area contributed by atoms with Crippen molar-refractivity contribution in [3.63, 3.8) is 0 Å². The molecule has 0 aliphatic carbocycles. The third-order valence-corrected chi connectivity index (χ3v) is 5.02. The van der Waals surface area contributed by atoms with Crippen LogP contribution in [0.5, 0.6) is 5.75 Å². The number of carbonyl (C=O) groups is 2. The van der Waals surface area contributed by atoms with Crippen LogP contribution in [-0.2, 0) is 9.59 Å². The van der Waals surface area contributed by atoms with Gasteiger partial charge in [-0.05, 0) is 39.3 Å². The average Bonchev–Trinajstić information content (AvgIpc) is 3.12. The summed E-state index contributed by atoms with van der Waals surface area (Å²) in [5, 5.41) is 5.70. The van der Waals surface area contributed by atoms with Crippen LogP contribution < -0.4 is 15.4 Å². The second kappa shape index (κ2) is 8.62. The Bertz CT molecular complexity index is 753. The van der Waals surface area contributed by atoms with Crippen LogP contribution in [0.1, 0.15) is 27.2 Å². The summed E-state index contributed by atoms with van der Waals surface area (Å²) in [6.07, 6.45) is 0.938. The molecule has 9 heteroatoms. The second-order valence-corrected chi connectivity index (χ2v) is 8.65. The van der Waals surface area contributed by atoms with Gasteiger partial charge in [-0.2, -0.15) is 8.78 Å². The molecule has 0 spiro atoms. The molecule has 0 radical (unpaired) electrons. The minimum Gasteiger partial charge on any atom is -0.435 e. The van der Waals surface area contributed by atoms with Crippen molar-refractivity contribution in [1.82, 2.24) is 15.1 Å². The molecule has 0 aromatic heterocycles. The van der Waals surface area contributed by atoms with E-state index < -0.39 is 6.61 Å². The van der Waals surface area contributed by atoms with E-state index >= 15 is 0 Å². The monoisotopic (exact) mass is 410 g/mol. The Morgan fingerprint density at radius 3 is 2.31 bits per heavy atom. The van der Waals surface area contributed by atoms with Crippen LogP contribution in [0.2, 0.25) is 0 Å². The lowest BCUT2D eigenvalue weighted by atomic mass is 10.1. The maximum Gasteiger partial charge on any atom is 0.387 e. The number of likely N-dealkylation sites (tertiary alicyclic amines) is 2. The summed E-state index contributed by atoms with van der Waals surface area (Å²) in [5.41, 5.74) is 0.162. The van der Waals surface area contributed by atoms with Gasteiger partial charge in [0.05, 0.1) is 13.1 Å². The Labute approximate surface area is 169 Å². The molecule has 0 saturated carbocycles. The minimum absolute atomic E-state index is 0.00204. The van der Waals surface area contributed by atoms with Crippen molar-refractivity contribution in [3.05, 3.63) is 24.3 Å². The lowest BCUT2D eigenvalue weighted by Gasteiger charge is -2.34. The van der Waals surface area contributed by atoms with Gasteiger partial charge >= 0.3 is 6.61 Å². The number of alkyl halides is 2. The molecule has 2 heterocycles. The molecule has 3 rings (SSSR count). The molecule has 2 unspecified atom stereocenters. The third-order valence-electron chi connectivity index (χ3n) is 5.02. The molecule has 2 fully saturated rings. The van der Waals surface area contributed by atoms with E-state index in [2.05, 4.69) is 25.2 Å². The zero-order valence-electron chi connectivity index (χ0n) is 17.0. The van der Waals surface area contributed by atoms with Gasteiger partial charge in [0.1, 0.15) is 5.75 Å². The van der Waals surface area contributed by atoms with Gasteiger partial charge in [-0.25, -0.2) is 0 Å². The number of amides is 2. The third kappa shape index (κ3) is 6.11. The number of nitrogens with zero attached hydrogens (tertiary/aromatic N) is 2. The first-order valence-electron chi connectivity index (χ1n) is 9.73. The Hall–Kier alpha value is -2.26. The van der Waals surface area contributed by atoms with Crippen molar-refractivity contribution in [2.24, 2.45) is 0 Å². The summed E-state index contributed by atoms with van der Waals surface area (Å²) in [5.74, 6) is -0.189. The van der Waals surface area contributed by atoms with Crippen molar-refractivity contribution in [2.45, 2.75) is 51.4 Å². The van der Waals surface area contributed by atoms with Crippen molar-refractivity contribution in [1.29, 1.82) is 0 Å². The maximum atomic E-state index is 12.4. The topological polar surface area (TPSA) is 73.9 Å². The van der Waals surface area contributed by atoms with E-state index in [9.17, 15) is 18.4 Å². The number of carbonyl (C=O) groups excluding carboxylic acids is 2. The van der Waals surface area contributed by atoms with Gasteiger partial charge in [0.2, 0.25) is 11.8 Å². The number of ether oxygens (including phenoxy) is 1. The molecule has 7 nitrogen and oxygen atoms in total. The average molecular weight is 410 g/mol. The van der Waals surface area contributed by atoms with Crippen LogP contribution in [0, 0.1) is 0 Å². The van der Waals surface area contributed by atoms with Crippen LogP contribution in [0.15, 0.2) is 24.3 Å². The minimum atomic E-state index is -2.91. The Balaban J connectivity index is 1.46. The molecule has 160 valence electrons. The van der Waals surface area contributed by atoms with Crippen LogP contribution in [0.4, 0.5) is 14.5 Å². The molecule has 29 heavy (non-hydrogen) atoms. The predicted octanol–water partition coefficient (Wildman–Crippen LogP) is 1.90. The molecule has 2 amide bonds. The van der Waals surface area contributed by atoms with E-state index in [4.69, 9.17) is 0 Å². The summed E-state index contributed by atoms with van der Waals surface area (Å²) in [4.78, 5) is 28.8. The van der Waals surface area contributed by atoms with Crippen molar-refractivity contribution >= 4 is 17.5 Å². The number of hydrogen-bond donors (Lipinski definition) is 2. The fraction of sp³-hybridized carbons (Fsp3) is 0.600. The van der Waals surface area contributed by atoms with E-state index in [1.807, 2.05) is 20.8 Å². The summed E-state index contributed by atoms with van der Waals surface area (Å²) >= 11 is 0. The van der Waals surface area contributed by atoms with Gasteiger partial charge < -0.3 is 15.4 Å². The molecule has 1 aromatic rings. The zero-order valence-corrected chi connectivity index (χ0v) is 17.0. The van der Waals surface area contributed by atoms with Gasteiger partial charge in [0.15, 0.2) is 0 Å². The number of nitrogens with one attached hydrogen (secondary N) is 2. The van der Waals surface area contributed by atoms with Crippen LogP contribution in [-0.4, -0.2) is 72.0 Å². The van der Waals surface area contributed by atoms with Crippen molar-refractivity contribution in [2.75, 3.05) is 31.5 Å². The molecule has 2 N–H and O–H groups in total. The molecular formula is C20H28F2N4O3. The summed E-state index contributed by atoms with van der Waals surface area (Å²) in [6.45, 7) is 5.04. The summed E-state index contributed by atoms with van der Waals surface area (Å²) in [6, 6.07) is 6.46. The zero-order chi connectivity index (χ0) is 21.2. The number of anilines is 1. The number of piperazine rings is 1.